The van der Waals surface area contributed by atoms with Gasteiger partial charge in [-0.2, -0.15) is 0 Å². The van der Waals surface area contributed by atoms with Crippen LogP contribution in [0.1, 0.15) is 5.56 Å². The molecule has 1 unspecified atom stereocenters. The summed E-state index contributed by atoms with van der Waals surface area (Å²) in [5.74, 6) is 2.66. The largest absolute Gasteiger partial charge is 0.486 e. The highest BCUT2D eigenvalue weighted by Crippen LogP contribution is 2.30. The summed E-state index contributed by atoms with van der Waals surface area (Å²) in [6, 6.07) is 15.2. The van der Waals surface area contributed by atoms with E-state index in [4.69, 9.17) is 21.1 Å². The molecule has 0 aliphatic carbocycles. The molecule has 1 amide bonds. The first-order chi connectivity index (χ1) is 11.7. The van der Waals surface area contributed by atoms with Gasteiger partial charge in [0.15, 0.2) is 11.5 Å². The summed E-state index contributed by atoms with van der Waals surface area (Å²) in [6.07, 6.45) is -0.162. The minimum Gasteiger partial charge on any atom is -0.486 e. The lowest BCUT2D eigenvalue weighted by atomic mass is 10.2. The molecule has 0 aromatic heterocycles. The fourth-order valence-corrected chi connectivity index (χ4v) is 3.23. The molecule has 1 atom stereocenters. The molecule has 1 aliphatic rings. The van der Waals surface area contributed by atoms with Gasteiger partial charge < -0.3 is 14.8 Å². The van der Waals surface area contributed by atoms with Crippen LogP contribution < -0.4 is 14.8 Å². The average Bonchev–Trinajstić information content (AvgIpc) is 2.61. The molecule has 3 rings (SSSR count). The van der Waals surface area contributed by atoms with E-state index in [1.165, 1.54) is 0 Å². The molecule has 0 radical (unpaired) electrons. The van der Waals surface area contributed by atoms with E-state index in [1.807, 2.05) is 48.5 Å². The SMILES string of the molecule is O=C(CSCc1ccc(Cl)cc1)NCC1COc2ccccc2O1. The fourth-order valence-electron chi connectivity index (χ4n) is 2.28. The molecular formula is C18H18ClNO3S. The number of fused-ring (bicyclic) bond motifs is 1. The smallest absolute Gasteiger partial charge is 0.230 e. The molecule has 0 fully saturated rings. The van der Waals surface area contributed by atoms with Gasteiger partial charge in [0.05, 0.1) is 12.3 Å². The Morgan fingerprint density at radius 1 is 1.17 bits per heavy atom. The number of carbonyl (C=O) groups excluding carboxylic acids is 1. The molecule has 2 aromatic rings. The van der Waals surface area contributed by atoms with Gasteiger partial charge in [-0.25, -0.2) is 0 Å². The van der Waals surface area contributed by atoms with Gasteiger partial charge >= 0.3 is 0 Å². The van der Waals surface area contributed by atoms with Crippen LogP contribution in [-0.4, -0.2) is 30.9 Å². The van der Waals surface area contributed by atoms with Crippen LogP contribution in [0.5, 0.6) is 11.5 Å². The van der Waals surface area contributed by atoms with Crippen molar-refractivity contribution in [2.24, 2.45) is 0 Å². The maximum atomic E-state index is 11.9. The molecular weight excluding hydrogens is 346 g/mol. The van der Waals surface area contributed by atoms with Gasteiger partial charge in [-0.1, -0.05) is 35.9 Å². The van der Waals surface area contributed by atoms with Gasteiger partial charge in [-0.15, -0.1) is 11.8 Å². The Kier molecular flexibility index (Phi) is 5.88. The summed E-state index contributed by atoms with van der Waals surface area (Å²) < 4.78 is 11.4. The predicted molar refractivity (Wildman–Crippen MR) is 97.0 cm³/mol. The minimum absolute atomic E-state index is 0.00331. The van der Waals surface area contributed by atoms with Crippen LogP contribution in [0.3, 0.4) is 0 Å². The third-order valence-electron chi connectivity index (χ3n) is 3.51. The van der Waals surface area contributed by atoms with E-state index >= 15 is 0 Å². The second-order valence-electron chi connectivity index (χ2n) is 5.42. The van der Waals surface area contributed by atoms with Crippen LogP contribution in [0.4, 0.5) is 0 Å². The van der Waals surface area contributed by atoms with E-state index < -0.39 is 0 Å². The molecule has 1 aliphatic heterocycles. The van der Waals surface area contributed by atoms with Crippen molar-refractivity contribution in [3.63, 3.8) is 0 Å². The molecule has 1 heterocycles. The predicted octanol–water partition coefficient (Wildman–Crippen LogP) is 3.53. The highest BCUT2D eigenvalue weighted by molar-refractivity contribution is 7.99. The van der Waals surface area contributed by atoms with Crippen LogP contribution in [0.15, 0.2) is 48.5 Å². The van der Waals surface area contributed by atoms with E-state index in [9.17, 15) is 4.79 Å². The van der Waals surface area contributed by atoms with Crippen LogP contribution in [0, 0.1) is 0 Å². The standard InChI is InChI=1S/C18H18ClNO3S/c19-14-7-5-13(6-8-14)11-24-12-18(21)20-9-15-10-22-16-3-1-2-4-17(16)23-15/h1-8,15H,9-12H2,(H,20,21). The lowest BCUT2D eigenvalue weighted by Gasteiger charge is -2.26. The Morgan fingerprint density at radius 3 is 2.71 bits per heavy atom. The Balaban J connectivity index is 1.36. The number of amides is 1. The second kappa shape index (κ2) is 8.31. The molecule has 0 saturated heterocycles. The zero-order valence-corrected chi connectivity index (χ0v) is 14.6. The maximum Gasteiger partial charge on any atom is 0.230 e. The van der Waals surface area contributed by atoms with Gasteiger partial charge in [-0.05, 0) is 29.8 Å². The molecule has 1 N–H and O–H groups in total. The van der Waals surface area contributed by atoms with Crippen molar-refractivity contribution in [1.82, 2.24) is 5.32 Å². The van der Waals surface area contributed by atoms with Gasteiger partial charge in [0.1, 0.15) is 12.7 Å². The van der Waals surface area contributed by atoms with Crippen molar-refractivity contribution < 1.29 is 14.3 Å². The first-order valence-electron chi connectivity index (χ1n) is 7.68. The third-order valence-corrected chi connectivity index (χ3v) is 4.77. The molecule has 0 spiro atoms. The molecule has 0 bridgehead atoms. The number of ether oxygens (including phenoxy) is 2. The minimum atomic E-state index is -0.162. The lowest BCUT2D eigenvalue weighted by Crippen LogP contribution is -2.41. The Hall–Kier alpha value is -1.85. The molecule has 2 aromatic carbocycles. The van der Waals surface area contributed by atoms with Gasteiger partial charge in [-0.3, -0.25) is 4.79 Å². The van der Waals surface area contributed by atoms with Crippen LogP contribution in [0.2, 0.25) is 5.02 Å². The van der Waals surface area contributed by atoms with E-state index in [2.05, 4.69) is 5.32 Å². The number of para-hydroxylation sites is 2. The molecule has 24 heavy (non-hydrogen) atoms. The maximum absolute atomic E-state index is 11.9. The number of nitrogens with one attached hydrogen (secondary N) is 1. The van der Waals surface area contributed by atoms with Crippen LogP contribution in [-0.2, 0) is 10.5 Å². The Morgan fingerprint density at radius 2 is 1.92 bits per heavy atom. The van der Waals surface area contributed by atoms with E-state index in [1.54, 1.807) is 11.8 Å². The fraction of sp³-hybridized carbons (Fsp3) is 0.278. The van der Waals surface area contributed by atoms with Gasteiger partial charge in [0.25, 0.3) is 0 Å². The number of hydrogen-bond acceptors (Lipinski definition) is 4. The lowest BCUT2D eigenvalue weighted by molar-refractivity contribution is -0.119. The molecule has 6 heteroatoms. The second-order valence-corrected chi connectivity index (χ2v) is 6.84. The van der Waals surface area contributed by atoms with Crippen molar-refractivity contribution in [3.8, 4) is 11.5 Å². The summed E-state index contributed by atoms with van der Waals surface area (Å²) in [7, 11) is 0. The quantitative estimate of drug-likeness (QED) is 0.853. The van der Waals surface area contributed by atoms with Gasteiger partial charge in [0, 0.05) is 10.8 Å². The molecule has 0 saturated carbocycles. The van der Waals surface area contributed by atoms with Crippen LogP contribution >= 0.6 is 23.4 Å². The number of rotatable bonds is 6. The Labute approximate surface area is 150 Å². The summed E-state index contributed by atoms with van der Waals surface area (Å²) in [4.78, 5) is 11.9. The first-order valence-corrected chi connectivity index (χ1v) is 9.21. The first kappa shape index (κ1) is 17.0. The van der Waals surface area contributed by atoms with Crippen molar-refractivity contribution >= 4 is 29.3 Å². The van der Waals surface area contributed by atoms with Gasteiger partial charge in [0.2, 0.25) is 5.91 Å². The normalized spacial score (nSPS) is 15.8. The van der Waals surface area contributed by atoms with Crippen molar-refractivity contribution in [2.75, 3.05) is 18.9 Å². The summed E-state index contributed by atoms with van der Waals surface area (Å²) >= 11 is 7.42. The third kappa shape index (κ3) is 4.82. The highest BCUT2D eigenvalue weighted by Gasteiger charge is 2.20. The highest BCUT2D eigenvalue weighted by atomic mass is 35.5. The van der Waals surface area contributed by atoms with E-state index in [0.717, 1.165) is 27.8 Å². The summed E-state index contributed by atoms with van der Waals surface area (Å²) in [6.45, 7) is 0.879. The number of thioether (sulfide) groups is 1. The Bertz CT molecular complexity index is 693. The van der Waals surface area contributed by atoms with Crippen molar-refractivity contribution in [3.05, 3.63) is 59.1 Å². The topological polar surface area (TPSA) is 47.6 Å². The van der Waals surface area contributed by atoms with E-state index in [-0.39, 0.29) is 12.0 Å². The summed E-state index contributed by atoms with van der Waals surface area (Å²) in [5.41, 5.74) is 1.15. The van der Waals surface area contributed by atoms with Crippen molar-refractivity contribution in [2.45, 2.75) is 11.9 Å². The summed E-state index contributed by atoms with van der Waals surface area (Å²) in [5, 5.41) is 3.61. The zero-order valence-electron chi connectivity index (χ0n) is 13.0. The number of benzene rings is 2. The number of carbonyl (C=O) groups is 1. The number of halogens is 1. The number of hydrogen-bond donors (Lipinski definition) is 1. The van der Waals surface area contributed by atoms with Crippen LogP contribution in [0.25, 0.3) is 0 Å². The average molecular weight is 364 g/mol. The monoisotopic (exact) mass is 363 g/mol. The van der Waals surface area contributed by atoms with E-state index in [0.29, 0.717) is 18.9 Å². The molecule has 4 nitrogen and oxygen atoms in total. The molecule has 126 valence electrons. The van der Waals surface area contributed by atoms with Crippen molar-refractivity contribution in [1.29, 1.82) is 0 Å². The zero-order chi connectivity index (χ0) is 16.8.